The van der Waals surface area contributed by atoms with Crippen molar-refractivity contribution in [3.05, 3.63) is 89.0 Å². The number of amides is 1. The van der Waals surface area contributed by atoms with Gasteiger partial charge in [-0.2, -0.15) is 0 Å². The number of aryl methyl sites for hydroxylation is 1. The quantitative estimate of drug-likeness (QED) is 0.661. The van der Waals surface area contributed by atoms with E-state index in [4.69, 9.17) is 5.73 Å². The van der Waals surface area contributed by atoms with Gasteiger partial charge in [-0.15, -0.1) is 0 Å². The summed E-state index contributed by atoms with van der Waals surface area (Å²) < 4.78 is 0. The molecule has 2 aliphatic rings. The van der Waals surface area contributed by atoms with Crippen LogP contribution in [-0.4, -0.2) is 31.2 Å². The fourth-order valence-corrected chi connectivity index (χ4v) is 4.98. The summed E-state index contributed by atoms with van der Waals surface area (Å²) in [6.07, 6.45) is 4.27. The third-order valence-corrected chi connectivity index (χ3v) is 6.81. The van der Waals surface area contributed by atoms with Gasteiger partial charge >= 0.3 is 0 Å². The second kappa shape index (κ2) is 8.72. The molecular formula is C27H28BN2O. The average Bonchev–Trinajstić information content (AvgIpc) is 3.32. The molecular weight excluding hydrogens is 379 g/mol. The van der Waals surface area contributed by atoms with E-state index in [-0.39, 0.29) is 5.91 Å². The molecule has 2 aliphatic heterocycles. The van der Waals surface area contributed by atoms with Crippen molar-refractivity contribution in [2.75, 3.05) is 13.1 Å². The summed E-state index contributed by atoms with van der Waals surface area (Å²) in [5, 5.41) is 0. The van der Waals surface area contributed by atoms with Gasteiger partial charge in [0.1, 0.15) is 0 Å². The van der Waals surface area contributed by atoms with Crippen molar-refractivity contribution in [3.8, 4) is 11.1 Å². The molecule has 1 fully saturated rings. The van der Waals surface area contributed by atoms with Crippen molar-refractivity contribution in [2.45, 2.75) is 38.0 Å². The SMILES string of the molecule is NCc1cccc(C2CCN(C(=O)c3cccc(-c4ccc5c(c4)[B]CC5)c3)CC2)c1. The maximum Gasteiger partial charge on any atom is 0.253 e. The number of carbonyl (C=O) groups is 1. The zero-order valence-corrected chi connectivity index (χ0v) is 17.9. The monoisotopic (exact) mass is 407 g/mol. The predicted molar refractivity (Wildman–Crippen MR) is 128 cm³/mol. The number of likely N-dealkylation sites (tertiary alicyclic amines) is 1. The molecule has 2 N–H and O–H groups in total. The van der Waals surface area contributed by atoms with Crippen LogP contribution in [0.2, 0.25) is 6.32 Å². The van der Waals surface area contributed by atoms with Gasteiger partial charge in [0, 0.05) is 25.2 Å². The lowest BCUT2D eigenvalue weighted by Crippen LogP contribution is -2.37. The van der Waals surface area contributed by atoms with Gasteiger partial charge in [0.05, 0.1) is 0 Å². The molecule has 0 aliphatic carbocycles. The molecule has 0 spiro atoms. The van der Waals surface area contributed by atoms with E-state index in [1.165, 1.54) is 27.7 Å². The first kappa shape index (κ1) is 20.1. The standard InChI is InChI=1S/C27H28BN2O/c29-18-19-3-1-4-22(15-19)20-10-13-30(14-11-20)27(31)25-6-2-5-23(16-25)24-8-7-21-9-12-28-26(21)17-24/h1-8,15-17,20H,9-14,18,29H2. The molecule has 4 heteroatoms. The highest BCUT2D eigenvalue weighted by atomic mass is 16.2. The lowest BCUT2D eigenvalue weighted by Gasteiger charge is -2.32. The number of fused-ring (bicyclic) bond motifs is 1. The van der Waals surface area contributed by atoms with Crippen LogP contribution < -0.4 is 11.2 Å². The molecule has 0 saturated carbocycles. The van der Waals surface area contributed by atoms with Gasteiger partial charge in [-0.05, 0) is 59.6 Å². The molecule has 0 aromatic heterocycles. The third-order valence-electron chi connectivity index (χ3n) is 6.81. The summed E-state index contributed by atoms with van der Waals surface area (Å²) in [7, 11) is 2.31. The van der Waals surface area contributed by atoms with E-state index in [0.29, 0.717) is 12.5 Å². The number of hydrogen-bond donors (Lipinski definition) is 1. The molecule has 31 heavy (non-hydrogen) atoms. The van der Waals surface area contributed by atoms with Crippen molar-refractivity contribution in [3.63, 3.8) is 0 Å². The first-order valence-electron chi connectivity index (χ1n) is 11.4. The summed E-state index contributed by atoms with van der Waals surface area (Å²) in [6.45, 7) is 2.17. The van der Waals surface area contributed by atoms with Crippen LogP contribution in [0.25, 0.3) is 11.1 Å². The van der Waals surface area contributed by atoms with E-state index >= 15 is 0 Å². The van der Waals surface area contributed by atoms with E-state index in [1.54, 1.807) is 0 Å². The summed E-state index contributed by atoms with van der Waals surface area (Å²) in [4.78, 5) is 15.2. The molecule has 3 nitrogen and oxygen atoms in total. The Balaban J connectivity index is 1.28. The minimum atomic E-state index is 0.142. The van der Waals surface area contributed by atoms with Crippen LogP contribution in [0.3, 0.4) is 0 Å². The lowest BCUT2D eigenvalue weighted by molar-refractivity contribution is 0.0713. The summed E-state index contributed by atoms with van der Waals surface area (Å²) in [6, 6.07) is 23.4. The van der Waals surface area contributed by atoms with Gasteiger partial charge in [0.25, 0.3) is 5.91 Å². The van der Waals surface area contributed by atoms with Crippen LogP contribution in [-0.2, 0) is 13.0 Å². The molecule has 3 aromatic carbocycles. The largest absolute Gasteiger partial charge is 0.339 e. The fourth-order valence-electron chi connectivity index (χ4n) is 4.98. The lowest BCUT2D eigenvalue weighted by atomic mass is 9.71. The van der Waals surface area contributed by atoms with Crippen LogP contribution in [0.1, 0.15) is 45.8 Å². The topological polar surface area (TPSA) is 46.3 Å². The molecule has 0 atom stereocenters. The van der Waals surface area contributed by atoms with Crippen LogP contribution in [0.15, 0.2) is 66.7 Å². The molecule has 5 rings (SSSR count). The van der Waals surface area contributed by atoms with Gasteiger partial charge in [0.2, 0.25) is 0 Å². The second-order valence-corrected chi connectivity index (χ2v) is 8.75. The summed E-state index contributed by atoms with van der Waals surface area (Å²) >= 11 is 0. The highest BCUT2D eigenvalue weighted by Gasteiger charge is 2.25. The zero-order valence-electron chi connectivity index (χ0n) is 17.9. The van der Waals surface area contributed by atoms with E-state index in [1.807, 2.05) is 17.0 Å². The van der Waals surface area contributed by atoms with Gasteiger partial charge in [0.15, 0.2) is 7.28 Å². The molecule has 1 amide bonds. The molecule has 155 valence electrons. The molecule has 0 unspecified atom stereocenters. The maximum atomic E-state index is 13.2. The highest BCUT2D eigenvalue weighted by Crippen LogP contribution is 2.30. The minimum Gasteiger partial charge on any atom is -0.339 e. The Morgan fingerprint density at radius 1 is 0.968 bits per heavy atom. The van der Waals surface area contributed by atoms with Gasteiger partial charge < -0.3 is 10.6 Å². The normalized spacial score (nSPS) is 16.1. The van der Waals surface area contributed by atoms with Gasteiger partial charge in [-0.3, -0.25) is 4.79 Å². The van der Waals surface area contributed by atoms with Crippen LogP contribution in [0, 0.1) is 0 Å². The predicted octanol–water partition coefficient (Wildman–Crippen LogP) is 4.14. The smallest absolute Gasteiger partial charge is 0.253 e. The maximum absolute atomic E-state index is 13.2. The molecule has 1 saturated heterocycles. The Morgan fingerprint density at radius 3 is 2.61 bits per heavy atom. The number of rotatable bonds is 4. The second-order valence-electron chi connectivity index (χ2n) is 8.75. The minimum absolute atomic E-state index is 0.142. The molecule has 3 aromatic rings. The Kier molecular flexibility index (Phi) is 5.65. The highest BCUT2D eigenvalue weighted by molar-refractivity contribution is 6.55. The average molecular weight is 407 g/mol. The van der Waals surface area contributed by atoms with E-state index < -0.39 is 0 Å². The van der Waals surface area contributed by atoms with E-state index in [0.717, 1.165) is 49.8 Å². The zero-order chi connectivity index (χ0) is 21.2. The fraction of sp³-hybridized carbons (Fsp3) is 0.296. The van der Waals surface area contributed by atoms with Crippen LogP contribution in [0.5, 0.6) is 0 Å². The number of hydrogen-bond acceptors (Lipinski definition) is 2. The summed E-state index contributed by atoms with van der Waals surface area (Å²) in [5.41, 5.74) is 14.2. The molecule has 1 radical (unpaired) electrons. The summed E-state index contributed by atoms with van der Waals surface area (Å²) in [5.74, 6) is 0.647. The van der Waals surface area contributed by atoms with Gasteiger partial charge in [-0.1, -0.05) is 71.9 Å². The number of piperidine rings is 1. The van der Waals surface area contributed by atoms with Crippen molar-refractivity contribution in [1.29, 1.82) is 0 Å². The first-order chi connectivity index (χ1) is 15.2. The third kappa shape index (κ3) is 4.17. The van der Waals surface area contributed by atoms with Gasteiger partial charge in [-0.25, -0.2) is 0 Å². The Labute approximate surface area is 185 Å². The van der Waals surface area contributed by atoms with Crippen molar-refractivity contribution < 1.29 is 4.79 Å². The van der Waals surface area contributed by atoms with Crippen LogP contribution >= 0.6 is 0 Å². The van der Waals surface area contributed by atoms with Crippen LogP contribution in [0.4, 0.5) is 0 Å². The Hall–Kier alpha value is -2.85. The number of benzene rings is 3. The number of nitrogens with zero attached hydrogens (tertiary/aromatic N) is 1. The van der Waals surface area contributed by atoms with E-state index in [2.05, 4.69) is 61.9 Å². The number of nitrogens with two attached hydrogens (primary N) is 1. The van der Waals surface area contributed by atoms with Crippen molar-refractivity contribution in [1.82, 2.24) is 4.90 Å². The van der Waals surface area contributed by atoms with E-state index in [9.17, 15) is 4.79 Å². The Morgan fingerprint density at radius 2 is 1.77 bits per heavy atom. The first-order valence-corrected chi connectivity index (χ1v) is 11.4. The number of carbonyl (C=O) groups excluding carboxylic acids is 1. The molecule has 2 heterocycles. The van der Waals surface area contributed by atoms with Crippen molar-refractivity contribution in [2.24, 2.45) is 5.73 Å². The Bertz CT molecular complexity index is 1100. The van der Waals surface area contributed by atoms with Crippen molar-refractivity contribution >= 4 is 18.6 Å². The molecule has 0 bridgehead atoms.